The van der Waals surface area contributed by atoms with Crippen LogP contribution in [0.5, 0.6) is 0 Å². The van der Waals surface area contributed by atoms with E-state index < -0.39 is 11.6 Å². The Morgan fingerprint density at radius 1 is 1.22 bits per heavy atom. The zero-order valence-corrected chi connectivity index (χ0v) is 11.3. The smallest absolute Gasteiger partial charge is 0.169 e. The van der Waals surface area contributed by atoms with Gasteiger partial charge in [0.25, 0.3) is 0 Å². The van der Waals surface area contributed by atoms with Crippen LogP contribution in [0.15, 0.2) is 39.4 Å². The van der Waals surface area contributed by atoms with Crippen LogP contribution < -0.4 is 5.32 Å². The Morgan fingerprint density at radius 3 is 2.61 bits per heavy atom. The van der Waals surface area contributed by atoms with E-state index >= 15 is 0 Å². The van der Waals surface area contributed by atoms with Gasteiger partial charge in [-0.25, -0.2) is 8.78 Å². The first-order valence-electron chi connectivity index (χ1n) is 5.49. The highest BCUT2D eigenvalue weighted by Crippen LogP contribution is 2.20. The molecular formula is C13H12BrF2NO. The van der Waals surface area contributed by atoms with Crippen molar-refractivity contribution in [3.63, 3.8) is 0 Å². The third-order valence-corrected chi connectivity index (χ3v) is 3.04. The molecule has 1 unspecified atom stereocenters. The molecular weight excluding hydrogens is 304 g/mol. The lowest BCUT2D eigenvalue weighted by molar-refractivity contribution is 0.417. The largest absolute Gasteiger partial charge is 0.453 e. The molecule has 0 amide bonds. The van der Waals surface area contributed by atoms with Gasteiger partial charge in [0.05, 0.1) is 6.04 Å². The summed E-state index contributed by atoms with van der Waals surface area (Å²) in [6.45, 7) is 2.38. The summed E-state index contributed by atoms with van der Waals surface area (Å²) in [5, 5.41) is 3.17. The lowest BCUT2D eigenvalue weighted by Crippen LogP contribution is -2.17. The zero-order chi connectivity index (χ0) is 13.1. The number of hydrogen-bond acceptors (Lipinski definition) is 2. The summed E-state index contributed by atoms with van der Waals surface area (Å²) in [5.74, 6) is -0.881. The highest BCUT2D eigenvalue weighted by Gasteiger charge is 2.10. The number of nitrogens with one attached hydrogen (secondary N) is 1. The summed E-state index contributed by atoms with van der Waals surface area (Å²) in [5.41, 5.74) is 0.686. The van der Waals surface area contributed by atoms with Crippen LogP contribution in [0.4, 0.5) is 8.78 Å². The van der Waals surface area contributed by atoms with Crippen molar-refractivity contribution in [1.29, 1.82) is 0 Å². The monoisotopic (exact) mass is 315 g/mol. The predicted molar refractivity (Wildman–Crippen MR) is 68.0 cm³/mol. The molecule has 0 aliphatic carbocycles. The number of benzene rings is 1. The Kier molecular flexibility index (Phi) is 4.14. The molecule has 0 radical (unpaired) electrons. The molecule has 1 N–H and O–H groups in total. The van der Waals surface area contributed by atoms with Crippen molar-refractivity contribution in [3.8, 4) is 0 Å². The van der Waals surface area contributed by atoms with E-state index in [1.54, 1.807) is 6.07 Å². The van der Waals surface area contributed by atoms with Crippen LogP contribution in [-0.2, 0) is 6.54 Å². The molecule has 1 heterocycles. The fraction of sp³-hybridized carbons (Fsp3) is 0.231. The second-order valence-corrected chi connectivity index (χ2v) is 4.77. The Hall–Kier alpha value is -1.20. The Balaban J connectivity index is 1.97. The summed E-state index contributed by atoms with van der Waals surface area (Å²) in [7, 11) is 0. The molecule has 1 atom stereocenters. The molecule has 1 aromatic heterocycles. The molecule has 0 saturated heterocycles. The lowest BCUT2D eigenvalue weighted by Gasteiger charge is -2.11. The van der Waals surface area contributed by atoms with Gasteiger partial charge in [-0.3, -0.25) is 0 Å². The summed E-state index contributed by atoms with van der Waals surface area (Å²) in [4.78, 5) is 0. The van der Waals surface area contributed by atoms with Gasteiger partial charge in [0.2, 0.25) is 0 Å². The molecule has 2 aromatic rings. The molecule has 2 rings (SSSR count). The minimum Gasteiger partial charge on any atom is -0.453 e. The molecule has 96 valence electrons. The van der Waals surface area contributed by atoms with Crippen LogP contribution >= 0.6 is 15.9 Å². The van der Waals surface area contributed by atoms with E-state index in [0.717, 1.165) is 11.8 Å². The summed E-state index contributed by atoms with van der Waals surface area (Å²) >= 11 is 3.23. The van der Waals surface area contributed by atoms with E-state index in [4.69, 9.17) is 4.42 Å². The number of rotatable bonds is 4. The Bertz CT molecular complexity index is 542. The van der Waals surface area contributed by atoms with Gasteiger partial charge in [0, 0.05) is 6.54 Å². The molecule has 0 bridgehead atoms. The predicted octanol–water partition coefficient (Wildman–Crippen LogP) is 4.17. The van der Waals surface area contributed by atoms with Gasteiger partial charge in [-0.15, -0.1) is 0 Å². The molecule has 0 saturated carbocycles. The van der Waals surface area contributed by atoms with Crippen LogP contribution in [0.25, 0.3) is 0 Å². The maximum absolute atomic E-state index is 13.0. The van der Waals surface area contributed by atoms with Crippen molar-refractivity contribution in [1.82, 2.24) is 5.32 Å². The number of hydrogen-bond donors (Lipinski definition) is 1. The minimum atomic E-state index is -0.832. The van der Waals surface area contributed by atoms with E-state index in [1.165, 1.54) is 6.07 Å². The fourth-order valence-corrected chi connectivity index (χ4v) is 1.90. The van der Waals surface area contributed by atoms with Gasteiger partial charge in [-0.05, 0) is 52.7 Å². The van der Waals surface area contributed by atoms with Crippen LogP contribution in [0.3, 0.4) is 0 Å². The fourth-order valence-electron chi connectivity index (χ4n) is 1.58. The van der Waals surface area contributed by atoms with Crippen LogP contribution in [0.2, 0.25) is 0 Å². The second kappa shape index (κ2) is 5.63. The molecule has 0 aliphatic rings. The summed E-state index contributed by atoms with van der Waals surface area (Å²) in [6.07, 6.45) is 0. The van der Waals surface area contributed by atoms with Gasteiger partial charge in [0.15, 0.2) is 16.3 Å². The molecule has 0 aliphatic heterocycles. The first-order valence-corrected chi connectivity index (χ1v) is 6.28. The van der Waals surface area contributed by atoms with Crippen molar-refractivity contribution in [2.75, 3.05) is 0 Å². The van der Waals surface area contributed by atoms with E-state index in [2.05, 4.69) is 21.2 Å². The van der Waals surface area contributed by atoms with Crippen molar-refractivity contribution in [3.05, 3.63) is 58.0 Å². The number of furan rings is 1. The maximum atomic E-state index is 13.0. The van der Waals surface area contributed by atoms with Crippen LogP contribution in [0.1, 0.15) is 24.3 Å². The normalized spacial score (nSPS) is 12.7. The van der Waals surface area contributed by atoms with Crippen molar-refractivity contribution < 1.29 is 13.2 Å². The van der Waals surface area contributed by atoms with Crippen molar-refractivity contribution in [2.45, 2.75) is 19.5 Å². The van der Waals surface area contributed by atoms with E-state index in [-0.39, 0.29) is 6.04 Å². The average Bonchev–Trinajstić information content (AvgIpc) is 2.77. The Labute approximate surface area is 112 Å². The van der Waals surface area contributed by atoms with Crippen LogP contribution in [-0.4, -0.2) is 0 Å². The lowest BCUT2D eigenvalue weighted by atomic mass is 10.2. The van der Waals surface area contributed by atoms with Gasteiger partial charge >= 0.3 is 0 Å². The van der Waals surface area contributed by atoms with E-state index in [1.807, 2.05) is 19.1 Å². The van der Waals surface area contributed by atoms with Gasteiger partial charge in [-0.1, -0.05) is 6.07 Å². The molecule has 0 fully saturated rings. The van der Waals surface area contributed by atoms with Gasteiger partial charge in [-0.2, -0.15) is 0 Å². The first kappa shape index (κ1) is 13.2. The molecule has 18 heavy (non-hydrogen) atoms. The molecule has 0 spiro atoms. The Morgan fingerprint density at radius 2 is 2.00 bits per heavy atom. The molecule has 2 nitrogen and oxygen atoms in total. The van der Waals surface area contributed by atoms with Crippen molar-refractivity contribution in [2.24, 2.45) is 0 Å². The van der Waals surface area contributed by atoms with Gasteiger partial charge < -0.3 is 9.73 Å². The third-order valence-electron chi connectivity index (χ3n) is 2.62. The average molecular weight is 316 g/mol. The second-order valence-electron chi connectivity index (χ2n) is 3.99. The SMILES string of the molecule is CC(NCc1ccc(F)c(F)c1)c1ccc(Br)o1. The topological polar surface area (TPSA) is 25.2 Å². The molecule has 5 heteroatoms. The molecule has 1 aromatic carbocycles. The standard InChI is InChI=1S/C13H12BrF2NO/c1-8(12-4-5-13(14)18-12)17-7-9-2-3-10(15)11(16)6-9/h2-6,8,17H,7H2,1H3. The third kappa shape index (κ3) is 3.17. The van der Waals surface area contributed by atoms with Crippen molar-refractivity contribution >= 4 is 15.9 Å². The van der Waals surface area contributed by atoms with Gasteiger partial charge in [0.1, 0.15) is 5.76 Å². The summed E-state index contributed by atoms with van der Waals surface area (Å²) < 4.78 is 31.8. The van der Waals surface area contributed by atoms with Crippen LogP contribution in [0, 0.1) is 11.6 Å². The summed E-state index contributed by atoms with van der Waals surface area (Å²) in [6, 6.07) is 7.52. The minimum absolute atomic E-state index is 0.00980. The maximum Gasteiger partial charge on any atom is 0.169 e. The van der Waals surface area contributed by atoms with E-state index in [9.17, 15) is 8.78 Å². The quantitative estimate of drug-likeness (QED) is 0.916. The number of halogens is 3. The first-order chi connectivity index (χ1) is 8.56. The van der Waals surface area contributed by atoms with E-state index in [0.29, 0.717) is 16.8 Å². The highest BCUT2D eigenvalue weighted by molar-refractivity contribution is 9.10. The highest BCUT2D eigenvalue weighted by atomic mass is 79.9. The zero-order valence-electron chi connectivity index (χ0n) is 9.71.